The van der Waals surface area contributed by atoms with E-state index in [1.165, 1.54) is 18.2 Å². The van der Waals surface area contributed by atoms with Crippen LogP contribution in [0.1, 0.15) is 10.4 Å². The van der Waals surface area contributed by atoms with E-state index in [0.29, 0.717) is 10.7 Å². The molecule has 0 aliphatic rings. The number of carbonyl (C=O) groups is 2. The first-order chi connectivity index (χ1) is 10.5. The Hall–Kier alpha value is -1.69. The molecule has 0 radical (unpaired) electrons. The second-order valence-electron chi connectivity index (χ2n) is 4.26. The molecule has 7 heteroatoms. The van der Waals surface area contributed by atoms with E-state index in [1.807, 2.05) is 18.4 Å². The quantitative estimate of drug-likeness (QED) is 0.786. The van der Waals surface area contributed by atoms with E-state index in [-0.39, 0.29) is 10.6 Å². The molecule has 0 spiro atoms. The highest BCUT2D eigenvalue weighted by Crippen LogP contribution is 2.21. The number of carbonyl (C=O) groups excluding carboxylic acids is 2. The van der Waals surface area contributed by atoms with Crippen LogP contribution in [0.3, 0.4) is 0 Å². The molecule has 3 amide bonds. The third kappa shape index (κ3) is 4.40. The largest absolute Gasteiger partial charge is 0.326 e. The predicted molar refractivity (Wildman–Crippen MR) is 91.2 cm³/mol. The van der Waals surface area contributed by atoms with E-state index >= 15 is 0 Å². The van der Waals surface area contributed by atoms with E-state index in [4.69, 9.17) is 23.2 Å². The molecule has 2 rings (SSSR count). The first kappa shape index (κ1) is 16.7. The van der Waals surface area contributed by atoms with E-state index in [9.17, 15) is 9.59 Å². The fraction of sp³-hybridized carbons (Fsp3) is 0.0667. The average molecular weight is 355 g/mol. The summed E-state index contributed by atoms with van der Waals surface area (Å²) < 4.78 is 0. The lowest BCUT2D eigenvalue weighted by molar-refractivity contribution is 0.0967. The van der Waals surface area contributed by atoms with E-state index in [2.05, 4.69) is 10.6 Å². The molecule has 0 unspecified atom stereocenters. The van der Waals surface area contributed by atoms with Gasteiger partial charge in [-0.3, -0.25) is 10.1 Å². The summed E-state index contributed by atoms with van der Waals surface area (Å²) in [4.78, 5) is 24.9. The van der Waals surface area contributed by atoms with Gasteiger partial charge in [-0.25, -0.2) is 4.79 Å². The Kier molecular flexibility index (Phi) is 5.71. The maximum absolute atomic E-state index is 12.0. The first-order valence-corrected chi connectivity index (χ1v) is 8.19. The second kappa shape index (κ2) is 7.54. The predicted octanol–water partition coefficient (Wildman–Crippen LogP) is 4.68. The van der Waals surface area contributed by atoms with Crippen molar-refractivity contribution in [3.8, 4) is 0 Å². The molecule has 0 aliphatic carbocycles. The summed E-state index contributed by atoms with van der Waals surface area (Å²) in [6, 6.07) is 11.1. The highest BCUT2D eigenvalue weighted by atomic mass is 35.5. The highest BCUT2D eigenvalue weighted by molar-refractivity contribution is 7.98. The van der Waals surface area contributed by atoms with Gasteiger partial charge in [0.25, 0.3) is 5.91 Å². The van der Waals surface area contributed by atoms with Crippen molar-refractivity contribution in [2.45, 2.75) is 4.90 Å². The van der Waals surface area contributed by atoms with E-state index in [0.717, 1.165) is 4.90 Å². The third-order valence-electron chi connectivity index (χ3n) is 2.75. The van der Waals surface area contributed by atoms with Gasteiger partial charge in [0, 0.05) is 15.6 Å². The number of nitrogens with one attached hydrogen (secondary N) is 2. The third-order valence-corrected chi connectivity index (χ3v) is 4.04. The van der Waals surface area contributed by atoms with Crippen molar-refractivity contribution in [1.82, 2.24) is 5.32 Å². The molecule has 0 bridgehead atoms. The number of urea groups is 1. The second-order valence-corrected chi connectivity index (χ2v) is 5.98. The monoisotopic (exact) mass is 354 g/mol. The van der Waals surface area contributed by atoms with Crippen LogP contribution in [0, 0.1) is 0 Å². The van der Waals surface area contributed by atoms with Crippen molar-refractivity contribution >= 4 is 52.6 Å². The van der Waals surface area contributed by atoms with Gasteiger partial charge in [0.15, 0.2) is 0 Å². The van der Waals surface area contributed by atoms with Gasteiger partial charge in [0.05, 0.1) is 10.6 Å². The summed E-state index contributed by atoms with van der Waals surface area (Å²) >= 11 is 13.3. The zero-order chi connectivity index (χ0) is 16.1. The van der Waals surface area contributed by atoms with Crippen molar-refractivity contribution in [1.29, 1.82) is 0 Å². The van der Waals surface area contributed by atoms with Gasteiger partial charge in [-0.15, -0.1) is 11.8 Å². The number of imide groups is 1. The molecule has 2 aromatic carbocycles. The molecule has 0 saturated carbocycles. The van der Waals surface area contributed by atoms with Crippen LogP contribution >= 0.6 is 35.0 Å². The van der Waals surface area contributed by atoms with Crippen LogP contribution < -0.4 is 10.6 Å². The molecule has 0 atom stereocenters. The lowest BCUT2D eigenvalue weighted by Crippen LogP contribution is -2.34. The first-order valence-electron chi connectivity index (χ1n) is 6.21. The van der Waals surface area contributed by atoms with Crippen LogP contribution in [0.4, 0.5) is 10.5 Å². The number of thioether (sulfide) groups is 1. The lowest BCUT2D eigenvalue weighted by atomic mass is 10.2. The molecule has 0 heterocycles. The molecule has 0 fully saturated rings. The topological polar surface area (TPSA) is 58.2 Å². The summed E-state index contributed by atoms with van der Waals surface area (Å²) in [5.74, 6) is -0.597. The molecule has 0 aliphatic heterocycles. The summed E-state index contributed by atoms with van der Waals surface area (Å²) in [5.41, 5.74) is 0.768. The van der Waals surface area contributed by atoms with Crippen LogP contribution in [0.15, 0.2) is 47.4 Å². The van der Waals surface area contributed by atoms with Gasteiger partial charge in [-0.1, -0.05) is 23.2 Å². The molecule has 2 N–H and O–H groups in total. The van der Waals surface area contributed by atoms with Crippen LogP contribution in [0.25, 0.3) is 0 Å². The number of hydrogen-bond donors (Lipinski definition) is 2. The maximum Gasteiger partial charge on any atom is 0.326 e. The molecule has 0 aromatic heterocycles. The van der Waals surface area contributed by atoms with Crippen molar-refractivity contribution in [2.75, 3.05) is 11.6 Å². The molecule has 4 nitrogen and oxygen atoms in total. The van der Waals surface area contributed by atoms with Crippen molar-refractivity contribution < 1.29 is 9.59 Å². The lowest BCUT2D eigenvalue weighted by Gasteiger charge is -2.08. The Morgan fingerprint density at radius 3 is 2.32 bits per heavy atom. The minimum Gasteiger partial charge on any atom is -0.308 e. The van der Waals surface area contributed by atoms with E-state index in [1.54, 1.807) is 23.9 Å². The number of benzene rings is 2. The van der Waals surface area contributed by atoms with Crippen LogP contribution in [0.5, 0.6) is 0 Å². The summed E-state index contributed by atoms with van der Waals surface area (Å²) in [6.45, 7) is 0. The van der Waals surface area contributed by atoms with Gasteiger partial charge in [0.1, 0.15) is 0 Å². The van der Waals surface area contributed by atoms with Crippen LogP contribution in [-0.4, -0.2) is 18.2 Å². The molecule has 0 saturated heterocycles. The van der Waals surface area contributed by atoms with E-state index < -0.39 is 11.9 Å². The van der Waals surface area contributed by atoms with Gasteiger partial charge in [-0.2, -0.15) is 0 Å². The Morgan fingerprint density at radius 1 is 1.05 bits per heavy atom. The van der Waals surface area contributed by atoms with Gasteiger partial charge < -0.3 is 5.32 Å². The minimum absolute atomic E-state index is 0.180. The van der Waals surface area contributed by atoms with Gasteiger partial charge in [0.2, 0.25) is 0 Å². The number of hydrogen-bond acceptors (Lipinski definition) is 3. The molecule has 114 valence electrons. The van der Waals surface area contributed by atoms with Crippen molar-refractivity contribution in [2.24, 2.45) is 0 Å². The summed E-state index contributed by atoms with van der Waals surface area (Å²) in [7, 11) is 0. The normalized spacial score (nSPS) is 10.1. The number of anilines is 1. The fourth-order valence-corrected chi connectivity index (χ4v) is 2.58. The maximum atomic E-state index is 12.0. The smallest absolute Gasteiger partial charge is 0.308 e. The Balaban J connectivity index is 2.00. The molecule has 22 heavy (non-hydrogen) atoms. The number of rotatable bonds is 3. The minimum atomic E-state index is -0.632. The zero-order valence-corrected chi connectivity index (χ0v) is 13.9. The van der Waals surface area contributed by atoms with Gasteiger partial charge >= 0.3 is 6.03 Å². The summed E-state index contributed by atoms with van der Waals surface area (Å²) in [5, 5.41) is 5.39. The average Bonchev–Trinajstić information content (AvgIpc) is 2.47. The van der Waals surface area contributed by atoms with Crippen molar-refractivity contribution in [3.63, 3.8) is 0 Å². The number of amides is 3. The SMILES string of the molecule is CSc1ccc(NC(=O)NC(=O)c2ccc(Cl)cc2Cl)cc1. The Bertz CT molecular complexity index is 705. The standard InChI is InChI=1S/C15H12Cl2N2O2S/c1-22-11-5-3-10(4-6-11)18-15(21)19-14(20)12-7-2-9(16)8-13(12)17/h2-8H,1H3,(H2,18,19,20,21). The Morgan fingerprint density at radius 2 is 1.73 bits per heavy atom. The highest BCUT2D eigenvalue weighted by Gasteiger charge is 2.14. The fourth-order valence-electron chi connectivity index (χ4n) is 1.68. The molecular formula is C15H12Cl2N2O2S. The molecule has 2 aromatic rings. The van der Waals surface area contributed by atoms with Crippen molar-refractivity contribution in [3.05, 3.63) is 58.1 Å². The van der Waals surface area contributed by atoms with Crippen LogP contribution in [-0.2, 0) is 0 Å². The zero-order valence-electron chi connectivity index (χ0n) is 11.5. The summed E-state index contributed by atoms with van der Waals surface area (Å²) in [6.07, 6.45) is 1.96. The number of halogens is 2. The van der Waals surface area contributed by atoms with Crippen LogP contribution in [0.2, 0.25) is 10.0 Å². The Labute approximate surface area is 142 Å². The molecular weight excluding hydrogens is 343 g/mol. The van der Waals surface area contributed by atoms with Gasteiger partial charge in [-0.05, 0) is 48.7 Å².